The first kappa shape index (κ1) is 16.8. The molecule has 1 aliphatic heterocycles. The minimum Gasteiger partial charge on any atom is -0.465 e. The van der Waals surface area contributed by atoms with Crippen LogP contribution in [0.15, 0.2) is 72.6 Å². The highest BCUT2D eigenvalue weighted by Crippen LogP contribution is 2.29. The second-order valence-electron chi connectivity index (χ2n) is 6.32. The SMILES string of the molecule is O=C(Nc1cccc2cnccc12)C1=C(c2ccccc2)CN(C(=O)O)C1. The van der Waals surface area contributed by atoms with Crippen LogP contribution >= 0.6 is 0 Å². The maximum absolute atomic E-state index is 13.0. The number of nitrogens with one attached hydrogen (secondary N) is 1. The largest absolute Gasteiger partial charge is 0.465 e. The molecule has 0 saturated heterocycles. The first-order valence-electron chi connectivity index (χ1n) is 8.53. The van der Waals surface area contributed by atoms with Gasteiger partial charge in [0.15, 0.2) is 0 Å². The van der Waals surface area contributed by atoms with Gasteiger partial charge in [-0.05, 0) is 23.3 Å². The predicted molar refractivity (Wildman–Crippen MR) is 103 cm³/mol. The van der Waals surface area contributed by atoms with Crippen LogP contribution in [0.25, 0.3) is 16.3 Å². The summed E-state index contributed by atoms with van der Waals surface area (Å²) in [6, 6.07) is 16.9. The van der Waals surface area contributed by atoms with Crippen LogP contribution in [0.1, 0.15) is 5.56 Å². The van der Waals surface area contributed by atoms with Gasteiger partial charge < -0.3 is 10.4 Å². The highest BCUT2D eigenvalue weighted by molar-refractivity contribution is 6.13. The van der Waals surface area contributed by atoms with E-state index in [0.717, 1.165) is 21.9 Å². The number of benzene rings is 2. The van der Waals surface area contributed by atoms with E-state index < -0.39 is 6.09 Å². The number of carbonyl (C=O) groups excluding carboxylic acids is 1. The van der Waals surface area contributed by atoms with Crippen LogP contribution in [0.5, 0.6) is 0 Å². The Morgan fingerprint density at radius 3 is 2.59 bits per heavy atom. The third-order valence-corrected chi connectivity index (χ3v) is 4.66. The van der Waals surface area contributed by atoms with Gasteiger partial charge in [-0.2, -0.15) is 0 Å². The molecular formula is C21H17N3O3. The molecule has 2 aromatic carbocycles. The lowest BCUT2D eigenvalue weighted by Crippen LogP contribution is -2.29. The van der Waals surface area contributed by atoms with Crippen LogP contribution in [-0.4, -0.2) is 40.1 Å². The van der Waals surface area contributed by atoms with Gasteiger partial charge in [0.1, 0.15) is 0 Å². The zero-order valence-electron chi connectivity index (χ0n) is 14.4. The monoisotopic (exact) mass is 359 g/mol. The van der Waals surface area contributed by atoms with Crippen molar-refractivity contribution < 1.29 is 14.7 Å². The van der Waals surface area contributed by atoms with Gasteiger partial charge in [0, 0.05) is 34.4 Å². The summed E-state index contributed by atoms with van der Waals surface area (Å²) in [4.78, 5) is 29.8. The normalized spacial score (nSPS) is 13.9. The van der Waals surface area contributed by atoms with Crippen molar-refractivity contribution in [2.24, 2.45) is 0 Å². The molecule has 3 aromatic rings. The average Bonchev–Trinajstić information content (AvgIpc) is 3.15. The number of amides is 2. The second-order valence-corrected chi connectivity index (χ2v) is 6.32. The lowest BCUT2D eigenvalue weighted by atomic mass is 10.0. The molecule has 134 valence electrons. The van der Waals surface area contributed by atoms with E-state index in [-0.39, 0.29) is 19.0 Å². The molecule has 1 aliphatic rings. The van der Waals surface area contributed by atoms with Crippen LogP contribution in [0.2, 0.25) is 0 Å². The summed E-state index contributed by atoms with van der Waals surface area (Å²) >= 11 is 0. The molecule has 1 aromatic heterocycles. The first-order chi connectivity index (χ1) is 13.1. The average molecular weight is 359 g/mol. The minimum atomic E-state index is -1.04. The van der Waals surface area contributed by atoms with Crippen molar-refractivity contribution in [1.82, 2.24) is 9.88 Å². The van der Waals surface area contributed by atoms with E-state index in [9.17, 15) is 14.7 Å². The Morgan fingerprint density at radius 2 is 1.81 bits per heavy atom. The molecule has 2 N–H and O–H groups in total. The maximum atomic E-state index is 13.0. The molecule has 0 unspecified atom stereocenters. The van der Waals surface area contributed by atoms with E-state index in [0.29, 0.717) is 11.3 Å². The molecule has 2 amide bonds. The lowest BCUT2D eigenvalue weighted by molar-refractivity contribution is -0.112. The molecule has 2 heterocycles. The lowest BCUT2D eigenvalue weighted by Gasteiger charge is -2.12. The van der Waals surface area contributed by atoms with E-state index in [1.807, 2.05) is 54.6 Å². The standard InChI is InChI=1S/C21H17N3O3/c25-20(23-19-8-4-7-15-11-22-10-9-16(15)19)18-13-24(21(26)27)12-17(18)14-5-2-1-3-6-14/h1-11H,12-13H2,(H,23,25)(H,26,27). The van der Waals surface area contributed by atoms with Gasteiger partial charge in [-0.15, -0.1) is 0 Å². The van der Waals surface area contributed by atoms with Crippen LogP contribution in [0.4, 0.5) is 10.5 Å². The summed E-state index contributed by atoms with van der Waals surface area (Å²) in [6.07, 6.45) is 2.37. The molecule has 0 aliphatic carbocycles. The van der Waals surface area contributed by atoms with Crippen molar-refractivity contribution in [2.75, 3.05) is 18.4 Å². The summed E-state index contributed by atoms with van der Waals surface area (Å²) in [5.74, 6) is -0.290. The Kier molecular flexibility index (Phi) is 4.30. The van der Waals surface area contributed by atoms with E-state index in [2.05, 4.69) is 10.3 Å². The molecular weight excluding hydrogens is 342 g/mol. The summed E-state index contributed by atoms with van der Waals surface area (Å²) in [7, 11) is 0. The first-order valence-corrected chi connectivity index (χ1v) is 8.53. The highest BCUT2D eigenvalue weighted by atomic mass is 16.4. The summed E-state index contributed by atoms with van der Waals surface area (Å²) in [6.45, 7) is 0.263. The van der Waals surface area contributed by atoms with Crippen molar-refractivity contribution in [3.05, 3.63) is 78.1 Å². The molecule has 27 heavy (non-hydrogen) atoms. The number of pyridine rings is 1. The van der Waals surface area contributed by atoms with Gasteiger partial charge in [-0.1, -0.05) is 42.5 Å². The van der Waals surface area contributed by atoms with Gasteiger partial charge >= 0.3 is 6.09 Å². The summed E-state index contributed by atoms with van der Waals surface area (Å²) < 4.78 is 0. The Hall–Kier alpha value is -3.67. The number of hydrogen-bond donors (Lipinski definition) is 2. The molecule has 4 rings (SSSR count). The molecule has 0 fully saturated rings. The number of carboxylic acid groups (broad SMARTS) is 1. The van der Waals surface area contributed by atoms with Crippen molar-refractivity contribution in [3.63, 3.8) is 0 Å². The molecule has 0 atom stereocenters. The van der Waals surface area contributed by atoms with Gasteiger partial charge in [-0.3, -0.25) is 14.7 Å². The van der Waals surface area contributed by atoms with Gasteiger partial charge in [0.25, 0.3) is 5.91 Å². The zero-order valence-corrected chi connectivity index (χ0v) is 14.4. The number of rotatable bonds is 3. The van der Waals surface area contributed by atoms with E-state index in [1.54, 1.807) is 12.4 Å². The highest BCUT2D eigenvalue weighted by Gasteiger charge is 2.30. The van der Waals surface area contributed by atoms with Crippen molar-refractivity contribution in [3.8, 4) is 0 Å². The van der Waals surface area contributed by atoms with Crippen molar-refractivity contribution in [2.45, 2.75) is 0 Å². The fourth-order valence-electron chi connectivity index (χ4n) is 3.31. The Morgan fingerprint density at radius 1 is 1.00 bits per heavy atom. The van der Waals surface area contributed by atoms with Gasteiger partial charge in [-0.25, -0.2) is 4.79 Å². The molecule has 6 nitrogen and oxygen atoms in total. The third-order valence-electron chi connectivity index (χ3n) is 4.66. The van der Waals surface area contributed by atoms with E-state index in [1.165, 1.54) is 4.90 Å². The number of carbonyl (C=O) groups is 2. The quantitative estimate of drug-likeness (QED) is 0.748. The number of anilines is 1. The van der Waals surface area contributed by atoms with Crippen molar-refractivity contribution in [1.29, 1.82) is 0 Å². The Labute approximate surface area is 155 Å². The van der Waals surface area contributed by atoms with Gasteiger partial charge in [0.05, 0.1) is 13.1 Å². The number of nitrogens with zero attached hydrogens (tertiary/aromatic N) is 2. The smallest absolute Gasteiger partial charge is 0.407 e. The van der Waals surface area contributed by atoms with Crippen molar-refractivity contribution >= 4 is 34.0 Å². The second kappa shape index (κ2) is 6.92. The van der Waals surface area contributed by atoms with Crippen LogP contribution in [0.3, 0.4) is 0 Å². The van der Waals surface area contributed by atoms with Crippen LogP contribution in [0, 0.1) is 0 Å². The Balaban J connectivity index is 1.70. The topological polar surface area (TPSA) is 82.5 Å². The molecule has 6 heteroatoms. The van der Waals surface area contributed by atoms with Gasteiger partial charge in [0.2, 0.25) is 0 Å². The zero-order chi connectivity index (χ0) is 18.8. The summed E-state index contributed by atoms with van der Waals surface area (Å²) in [5, 5.41) is 14.1. The summed E-state index contributed by atoms with van der Waals surface area (Å²) in [5.41, 5.74) is 2.73. The van der Waals surface area contributed by atoms with Crippen LogP contribution in [-0.2, 0) is 4.79 Å². The number of fused-ring (bicyclic) bond motifs is 1. The van der Waals surface area contributed by atoms with E-state index in [4.69, 9.17) is 0 Å². The predicted octanol–water partition coefficient (Wildman–Crippen LogP) is 3.62. The number of hydrogen-bond acceptors (Lipinski definition) is 3. The fourth-order valence-corrected chi connectivity index (χ4v) is 3.31. The number of aromatic nitrogens is 1. The fraction of sp³-hybridized carbons (Fsp3) is 0.0952. The molecule has 0 radical (unpaired) electrons. The molecule has 0 spiro atoms. The van der Waals surface area contributed by atoms with E-state index >= 15 is 0 Å². The maximum Gasteiger partial charge on any atom is 0.407 e. The molecule has 0 bridgehead atoms. The van der Waals surface area contributed by atoms with Crippen LogP contribution < -0.4 is 5.32 Å². The minimum absolute atomic E-state index is 0.0672. The third kappa shape index (κ3) is 3.25. The molecule has 0 saturated carbocycles. The Bertz CT molecular complexity index is 1060.